The van der Waals surface area contributed by atoms with Crippen LogP contribution in [0.25, 0.3) is 10.9 Å². The van der Waals surface area contributed by atoms with Crippen LogP contribution in [0.4, 0.5) is 14.5 Å². The summed E-state index contributed by atoms with van der Waals surface area (Å²) in [7, 11) is -4.15. The number of pyridine rings is 1. The van der Waals surface area contributed by atoms with Crippen LogP contribution < -0.4 is 4.72 Å². The molecular weight excluding hydrogens is 570 g/mol. The Morgan fingerprint density at radius 1 is 1.05 bits per heavy atom. The zero-order valence-corrected chi connectivity index (χ0v) is 24.5. The van der Waals surface area contributed by atoms with Gasteiger partial charge in [-0.3, -0.25) is 19.4 Å². The summed E-state index contributed by atoms with van der Waals surface area (Å²) < 4.78 is 58.3. The number of aromatic nitrogens is 1. The van der Waals surface area contributed by atoms with Gasteiger partial charge >= 0.3 is 0 Å². The van der Waals surface area contributed by atoms with Gasteiger partial charge in [0.05, 0.1) is 11.2 Å². The Bertz CT molecular complexity index is 1780. The Labute approximate surface area is 250 Å². The van der Waals surface area contributed by atoms with Crippen molar-refractivity contribution in [2.45, 2.75) is 18.2 Å². The van der Waals surface area contributed by atoms with Gasteiger partial charge in [0.2, 0.25) is 0 Å². The smallest absolute Gasteiger partial charge is 0.264 e. The number of nitrogens with zero attached hydrogens (tertiary/aromatic N) is 3. The lowest BCUT2D eigenvalue weighted by Gasteiger charge is -2.35. The highest BCUT2D eigenvalue weighted by Gasteiger charge is 2.25. The van der Waals surface area contributed by atoms with Crippen molar-refractivity contribution in [2.75, 3.05) is 37.4 Å². The maximum atomic E-state index is 15.1. The number of fused-ring (bicyclic) bond motifs is 1. The largest absolute Gasteiger partial charge is 0.336 e. The predicted octanol–water partition coefficient (Wildman–Crippen LogP) is 6.17. The van der Waals surface area contributed by atoms with Crippen LogP contribution in [0.5, 0.6) is 0 Å². The molecule has 2 aromatic carbocycles. The minimum absolute atomic E-state index is 0.0741. The van der Waals surface area contributed by atoms with Crippen LogP contribution in [-0.2, 0) is 10.0 Å². The van der Waals surface area contributed by atoms with Crippen LogP contribution in [0.2, 0.25) is 0 Å². The molecule has 1 amide bonds. The van der Waals surface area contributed by atoms with Crippen LogP contribution >= 0.6 is 0 Å². The molecule has 1 aliphatic heterocycles. The molecule has 0 spiro atoms. The van der Waals surface area contributed by atoms with E-state index in [1.54, 1.807) is 36.1 Å². The summed E-state index contributed by atoms with van der Waals surface area (Å²) in [6.07, 6.45) is 15.3. The lowest BCUT2D eigenvalue weighted by Crippen LogP contribution is -2.49. The number of amides is 1. The molecule has 0 unspecified atom stereocenters. The third-order valence-corrected chi connectivity index (χ3v) is 8.74. The second-order valence-corrected chi connectivity index (χ2v) is 11.9. The second-order valence-electron chi connectivity index (χ2n) is 10.3. The van der Waals surface area contributed by atoms with Gasteiger partial charge in [0.25, 0.3) is 15.9 Å². The maximum absolute atomic E-state index is 15.1. The predicted molar refractivity (Wildman–Crippen MR) is 165 cm³/mol. The van der Waals surface area contributed by atoms with Crippen LogP contribution in [0.15, 0.2) is 119 Å². The Balaban J connectivity index is 1.23. The zero-order valence-electron chi connectivity index (χ0n) is 23.7. The van der Waals surface area contributed by atoms with Crippen molar-refractivity contribution in [3.8, 4) is 0 Å². The first kappa shape index (κ1) is 30.1. The molecule has 5 rings (SSSR count). The monoisotopic (exact) mass is 602 g/mol. The van der Waals surface area contributed by atoms with E-state index < -0.39 is 15.8 Å². The Morgan fingerprint density at radius 2 is 1.84 bits per heavy atom. The Hall–Kier alpha value is -4.41. The molecule has 1 N–H and O–H groups in total. The fraction of sp³-hybridized carbons (Fsp3) is 0.212. The molecular formula is C33H32F2N4O3S. The molecule has 1 aromatic heterocycles. The minimum atomic E-state index is -4.15. The number of piperazine rings is 1. The van der Waals surface area contributed by atoms with Gasteiger partial charge in [0.15, 0.2) is 0 Å². The molecule has 2 aliphatic rings. The summed E-state index contributed by atoms with van der Waals surface area (Å²) in [5.41, 5.74) is 1.71. The number of anilines is 1. The van der Waals surface area contributed by atoms with E-state index in [0.717, 1.165) is 11.6 Å². The SMILES string of the molecule is C/C=C(F)\C(=C/C1=CC=CC=CC1)CN1CCN(C(=O)c2ccc(NS(=O)(=O)c3cccc4cccnc34)c(F)c2)CC1. The van der Waals surface area contributed by atoms with E-state index in [0.29, 0.717) is 50.1 Å². The highest BCUT2D eigenvalue weighted by molar-refractivity contribution is 7.93. The first-order valence-corrected chi connectivity index (χ1v) is 15.5. The molecule has 0 saturated carbocycles. The van der Waals surface area contributed by atoms with E-state index >= 15 is 4.39 Å². The van der Waals surface area contributed by atoms with Crippen LogP contribution in [0.3, 0.4) is 0 Å². The Morgan fingerprint density at radius 3 is 2.60 bits per heavy atom. The van der Waals surface area contributed by atoms with E-state index in [4.69, 9.17) is 0 Å². The van der Waals surface area contributed by atoms with Crippen LogP contribution in [0.1, 0.15) is 23.7 Å². The van der Waals surface area contributed by atoms with Crippen LogP contribution in [0, 0.1) is 5.82 Å². The highest BCUT2D eigenvalue weighted by Crippen LogP contribution is 2.26. The number of carbonyl (C=O) groups excluding carboxylic acids is 1. The van der Waals surface area contributed by atoms with E-state index in [2.05, 4.69) is 14.6 Å². The number of sulfonamides is 1. The zero-order chi connectivity index (χ0) is 30.4. The molecule has 0 radical (unpaired) electrons. The molecule has 3 aromatic rings. The van der Waals surface area contributed by atoms with E-state index in [1.807, 2.05) is 36.5 Å². The molecule has 1 saturated heterocycles. The summed E-state index contributed by atoms with van der Waals surface area (Å²) in [4.78, 5) is 21.0. The molecule has 2 heterocycles. The number of carbonyl (C=O) groups is 1. The third-order valence-electron chi connectivity index (χ3n) is 7.34. The lowest BCUT2D eigenvalue weighted by molar-refractivity contribution is 0.0647. The number of nitrogens with one attached hydrogen (secondary N) is 1. The van der Waals surface area contributed by atoms with Gasteiger partial charge in [-0.05, 0) is 49.2 Å². The summed E-state index contributed by atoms with van der Waals surface area (Å²) in [5.74, 6) is -1.50. The number of rotatable bonds is 8. The Kier molecular flexibility index (Phi) is 9.27. The number of para-hydroxylation sites is 1. The summed E-state index contributed by atoms with van der Waals surface area (Å²) >= 11 is 0. The first-order chi connectivity index (χ1) is 20.7. The average Bonchev–Trinajstić information content (AvgIpc) is 3.29. The summed E-state index contributed by atoms with van der Waals surface area (Å²) in [5, 5.41) is 0.637. The van der Waals surface area contributed by atoms with Gasteiger partial charge in [-0.15, -0.1) is 0 Å². The van der Waals surface area contributed by atoms with E-state index in [-0.39, 0.29) is 33.4 Å². The molecule has 1 fully saturated rings. The van der Waals surface area contributed by atoms with Gasteiger partial charge in [-0.25, -0.2) is 17.2 Å². The van der Waals surface area contributed by atoms with E-state index in [9.17, 15) is 17.6 Å². The molecule has 7 nitrogen and oxygen atoms in total. The summed E-state index contributed by atoms with van der Waals surface area (Å²) in [6, 6.07) is 11.9. The fourth-order valence-electron chi connectivity index (χ4n) is 5.06. The summed E-state index contributed by atoms with van der Waals surface area (Å²) in [6.45, 7) is 3.90. The fourth-order valence-corrected chi connectivity index (χ4v) is 6.30. The normalized spacial score (nSPS) is 16.7. The van der Waals surface area contributed by atoms with Crippen molar-refractivity contribution in [2.24, 2.45) is 0 Å². The van der Waals surface area contributed by atoms with Crippen molar-refractivity contribution in [1.82, 2.24) is 14.8 Å². The standard InChI is InChI=1S/C33H32F2N4O3S/c1-2-28(34)27(21-24-9-5-3-4-6-10-24)23-38-17-19-39(20-18-38)33(40)26-14-15-30(29(35)22-26)37-43(41,42)31-13-7-11-25-12-8-16-36-32(25)31/h2-9,11-16,21-22,37H,10,17-20,23H2,1H3/b27-21-,28-2+. The highest BCUT2D eigenvalue weighted by atomic mass is 32.2. The number of hydrogen-bond donors (Lipinski definition) is 1. The number of allylic oxidation sites excluding steroid dienone is 8. The van der Waals surface area contributed by atoms with Crippen molar-refractivity contribution in [3.05, 3.63) is 126 Å². The molecule has 0 bridgehead atoms. The van der Waals surface area contributed by atoms with Crippen LogP contribution in [-0.4, -0.2) is 61.8 Å². The lowest BCUT2D eigenvalue weighted by atomic mass is 10.1. The van der Waals surface area contributed by atoms with Gasteiger partial charge < -0.3 is 4.90 Å². The maximum Gasteiger partial charge on any atom is 0.264 e. The number of hydrogen-bond acceptors (Lipinski definition) is 5. The quantitative estimate of drug-likeness (QED) is 0.312. The van der Waals surface area contributed by atoms with Crippen molar-refractivity contribution in [1.29, 1.82) is 0 Å². The van der Waals surface area contributed by atoms with Crippen molar-refractivity contribution < 1.29 is 22.0 Å². The minimum Gasteiger partial charge on any atom is -0.336 e. The topological polar surface area (TPSA) is 82.6 Å². The third kappa shape index (κ3) is 7.15. The molecule has 1 aliphatic carbocycles. The number of halogens is 2. The van der Waals surface area contributed by atoms with Crippen molar-refractivity contribution >= 4 is 32.5 Å². The average molecular weight is 603 g/mol. The number of benzene rings is 2. The molecule has 0 atom stereocenters. The van der Waals surface area contributed by atoms with Gasteiger partial charge in [-0.1, -0.05) is 60.7 Å². The van der Waals surface area contributed by atoms with E-state index in [1.165, 1.54) is 30.5 Å². The molecule has 43 heavy (non-hydrogen) atoms. The molecule has 10 heteroatoms. The van der Waals surface area contributed by atoms with Crippen molar-refractivity contribution in [3.63, 3.8) is 0 Å². The first-order valence-electron chi connectivity index (χ1n) is 14.0. The molecule has 222 valence electrons. The van der Waals surface area contributed by atoms with Gasteiger partial charge in [-0.2, -0.15) is 0 Å². The van der Waals surface area contributed by atoms with Gasteiger partial charge in [0, 0.05) is 55.4 Å². The van der Waals surface area contributed by atoms with Gasteiger partial charge in [0.1, 0.15) is 16.5 Å². The second kappa shape index (κ2) is 13.3.